The third kappa shape index (κ3) is 3.76. The van der Waals surface area contributed by atoms with Crippen LogP contribution in [0.1, 0.15) is 29.2 Å². The number of halogens is 1. The molecule has 0 fully saturated rings. The Balaban J connectivity index is -0.000000563. The fourth-order valence-corrected chi connectivity index (χ4v) is 2.46. The summed E-state index contributed by atoms with van der Waals surface area (Å²) in [6, 6.07) is 6.60. The molecule has 3 heteroatoms. The van der Waals surface area contributed by atoms with Crippen LogP contribution < -0.4 is 0 Å². The van der Waals surface area contributed by atoms with Gasteiger partial charge in [0, 0.05) is 9.37 Å². The van der Waals surface area contributed by atoms with Crippen LogP contribution in [0.2, 0.25) is 0 Å². The second-order valence-corrected chi connectivity index (χ2v) is 5.80. The van der Waals surface area contributed by atoms with E-state index in [0.717, 1.165) is 0 Å². The molecule has 0 amide bonds. The molecule has 1 aromatic carbocycles. The van der Waals surface area contributed by atoms with Gasteiger partial charge in [0.1, 0.15) is 0 Å². The van der Waals surface area contributed by atoms with Gasteiger partial charge in [-0.2, -0.15) is 0 Å². The first kappa shape index (κ1) is 14.8. The molecule has 1 aromatic rings. The molecule has 0 aromatic heterocycles. The van der Waals surface area contributed by atoms with Crippen molar-refractivity contribution in [1.82, 2.24) is 0 Å². The zero-order chi connectivity index (χ0) is 10.1. The van der Waals surface area contributed by atoms with Crippen LogP contribution in [0, 0.1) is 0 Å². The van der Waals surface area contributed by atoms with Crippen molar-refractivity contribution in [2.45, 2.75) is 31.1 Å². The van der Waals surface area contributed by atoms with E-state index in [1.807, 2.05) is 0 Å². The first-order valence-electron chi connectivity index (χ1n) is 4.29. The van der Waals surface area contributed by atoms with Crippen molar-refractivity contribution in [1.29, 1.82) is 0 Å². The standard InChI is InChI=1S/C11H15BrS.Mg.2H/c1-11(2,3)8-5-6-10(13-4)9(12)7-8;;;/h5-7H,1-4H3;;;/q;+2;2*-1. The van der Waals surface area contributed by atoms with Gasteiger partial charge in [-0.15, -0.1) is 11.8 Å². The molecule has 0 heterocycles. The Morgan fingerprint density at radius 2 is 1.86 bits per heavy atom. The van der Waals surface area contributed by atoms with Crippen LogP contribution in [0.25, 0.3) is 0 Å². The number of rotatable bonds is 1. The van der Waals surface area contributed by atoms with E-state index in [1.54, 1.807) is 11.8 Å². The van der Waals surface area contributed by atoms with Gasteiger partial charge in [0.2, 0.25) is 0 Å². The maximum absolute atomic E-state index is 3.58. The zero-order valence-electron chi connectivity index (χ0n) is 11.2. The topological polar surface area (TPSA) is 0 Å². The second-order valence-electron chi connectivity index (χ2n) is 4.10. The molecule has 0 radical (unpaired) electrons. The summed E-state index contributed by atoms with van der Waals surface area (Å²) < 4.78 is 1.20. The largest absolute Gasteiger partial charge is 2.00 e. The van der Waals surface area contributed by atoms with Crippen molar-refractivity contribution >= 4 is 50.7 Å². The van der Waals surface area contributed by atoms with E-state index in [-0.39, 0.29) is 31.3 Å². The SMILES string of the molecule is CSc1ccc(C(C)(C)C)cc1Br.[H-].[H-].[Mg+2]. The summed E-state index contributed by atoms with van der Waals surface area (Å²) in [5, 5.41) is 0. The monoisotopic (exact) mass is 284 g/mol. The van der Waals surface area contributed by atoms with E-state index in [4.69, 9.17) is 0 Å². The summed E-state index contributed by atoms with van der Waals surface area (Å²) in [4.78, 5) is 1.30. The minimum absolute atomic E-state index is 0. The number of hydrogen-bond acceptors (Lipinski definition) is 1. The molecule has 14 heavy (non-hydrogen) atoms. The first-order chi connectivity index (χ1) is 5.95. The predicted molar refractivity (Wildman–Crippen MR) is 72.6 cm³/mol. The van der Waals surface area contributed by atoms with E-state index in [0.29, 0.717) is 0 Å². The van der Waals surface area contributed by atoms with E-state index in [1.165, 1.54) is 14.9 Å². The quantitative estimate of drug-likeness (QED) is 0.547. The van der Waals surface area contributed by atoms with Gasteiger partial charge in [0.15, 0.2) is 0 Å². The molecule has 0 N–H and O–H groups in total. The number of benzene rings is 1. The average Bonchev–Trinajstić information content (AvgIpc) is 2.02. The minimum atomic E-state index is 0. The van der Waals surface area contributed by atoms with Gasteiger partial charge in [-0.05, 0) is 45.3 Å². The molecule has 0 saturated carbocycles. The van der Waals surface area contributed by atoms with Crippen LogP contribution in [-0.4, -0.2) is 29.3 Å². The molecule has 0 spiro atoms. The van der Waals surface area contributed by atoms with E-state index < -0.39 is 0 Å². The van der Waals surface area contributed by atoms with Crippen LogP contribution in [0.5, 0.6) is 0 Å². The molecule has 1 rings (SSSR count). The minimum Gasteiger partial charge on any atom is -1.00 e. The molecular formula is C11H17BrMgS. The van der Waals surface area contributed by atoms with Crippen molar-refractivity contribution < 1.29 is 2.85 Å². The van der Waals surface area contributed by atoms with Crippen LogP contribution in [0.4, 0.5) is 0 Å². The van der Waals surface area contributed by atoms with Gasteiger partial charge in [0.05, 0.1) is 0 Å². The predicted octanol–water partition coefficient (Wildman–Crippen LogP) is 4.31. The maximum atomic E-state index is 3.58. The first-order valence-corrected chi connectivity index (χ1v) is 6.31. The molecule has 0 bridgehead atoms. The molecule has 0 unspecified atom stereocenters. The Morgan fingerprint density at radius 3 is 2.21 bits per heavy atom. The molecule has 76 valence electrons. The third-order valence-electron chi connectivity index (χ3n) is 2.02. The molecular weight excluding hydrogens is 268 g/mol. The number of hydrogen-bond donors (Lipinski definition) is 0. The summed E-state index contributed by atoms with van der Waals surface area (Å²) in [6.45, 7) is 6.69. The molecule has 0 aliphatic heterocycles. The summed E-state index contributed by atoms with van der Waals surface area (Å²) in [7, 11) is 0. The van der Waals surface area contributed by atoms with Crippen LogP contribution >= 0.6 is 27.7 Å². The zero-order valence-corrected chi connectivity index (χ0v) is 13.0. The van der Waals surface area contributed by atoms with E-state index in [2.05, 4.69) is 61.2 Å². The fourth-order valence-electron chi connectivity index (χ4n) is 1.13. The van der Waals surface area contributed by atoms with Crippen LogP contribution in [-0.2, 0) is 5.41 Å². The van der Waals surface area contributed by atoms with Crippen molar-refractivity contribution in [3.05, 3.63) is 28.2 Å². The van der Waals surface area contributed by atoms with E-state index in [9.17, 15) is 0 Å². The second kappa shape index (κ2) is 5.78. The molecule has 0 aliphatic rings. The van der Waals surface area contributed by atoms with Crippen molar-refractivity contribution in [3.63, 3.8) is 0 Å². The van der Waals surface area contributed by atoms with Gasteiger partial charge in [-0.3, -0.25) is 0 Å². The molecule has 0 saturated heterocycles. The van der Waals surface area contributed by atoms with Crippen molar-refractivity contribution in [3.8, 4) is 0 Å². The Hall–Kier alpha value is 0.816. The Kier molecular flexibility index (Phi) is 6.12. The van der Waals surface area contributed by atoms with Crippen molar-refractivity contribution in [2.24, 2.45) is 0 Å². The average molecular weight is 286 g/mol. The maximum Gasteiger partial charge on any atom is 2.00 e. The summed E-state index contributed by atoms with van der Waals surface area (Å²) in [5.74, 6) is 0. The third-order valence-corrected chi connectivity index (χ3v) is 3.73. The van der Waals surface area contributed by atoms with Gasteiger partial charge >= 0.3 is 23.1 Å². The van der Waals surface area contributed by atoms with Crippen LogP contribution in [0.15, 0.2) is 27.6 Å². The summed E-state index contributed by atoms with van der Waals surface area (Å²) in [5.41, 5.74) is 1.61. The Bertz CT molecular complexity index is 313. The van der Waals surface area contributed by atoms with Gasteiger partial charge < -0.3 is 2.85 Å². The van der Waals surface area contributed by atoms with Crippen LogP contribution in [0.3, 0.4) is 0 Å². The fraction of sp³-hybridized carbons (Fsp3) is 0.455. The summed E-state index contributed by atoms with van der Waals surface area (Å²) >= 11 is 5.35. The van der Waals surface area contributed by atoms with E-state index >= 15 is 0 Å². The Labute approximate surface area is 118 Å². The smallest absolute Gasteiger partial charge is 1.00 e. The van der Waals surface area contributed by atoms with Gasteiger partial charge in [0.25, 0.3) is 0 Å². The number of thioether (sulfide) groups is 1. The molecule has 0 nitrogen and oxygen atoms in total. The Morgan fingerprint density at radius 1 is 1.29 bits per heavy atom. The normalized spacial score (nSPS) is 10.9. The molecule has 0 atom stereocenters. The summed E-state index contributed by atoms with van der Waals surface area (Å²) in [6.07, 6.45) is 2.09. The van der Waals surface area contributed by atoms with Gasteiger partial charge in [-0.25, -0.2) is 0 Å². The molecule has 0 aliphatic carbocycles. The van der Waals surface area contributed by atoms with Crippen molar-refractivity contribution in [2.75, 3.05) is 6.26 Å². The van der Waals surface area contributed by atoms with Gasteiger partial charge in [-0.1, -0.05) is 26.8 Å².